The molecule has 0 saturated carbocycles. The van der Waals surface area contributed by atoms with Crippen molar-refractivity contribution in [2.75, 3.05) is 7.11 Å². The Hall–Kier alpha value is -1.83. The van der Waals surface area contributed by atoms with E-state index in [0.717, 1.165) is 13.2 Å². The van der Waals surface area contributed by atoms with E-state index >= 15 is 0 Å². The Bertz CT molecular complexity index is 502. The molecule has 0 aliphatic rings. The Morgan fingerprint density at radius 1 is 1.50 bits per heavy atom. The zero-order chi connectivity index (χ0) is 13.9. The maximum absolute atomic E-state index is 12.2. The average molecular weight is 283 g/mol. The van der Waals surface area contributed by atoms with Crippen LogP contribution in [0.5, 0.6) is 5.75 Å². The molecule has 0 saturated heterocycles. The second-order valence-corrected chi connectivity index (χ2v) is 3.34. The molecule has 0 fully saturated rings. The lowest BCUT2D eigenvalue weighted by Crippen LogP contribution is -2.16. The van der Waals surface area contributed by atoms with Crippen molar-refractivity contribution in [1.29, 1.82) is 0 Å². The minimum absolute atomic E-state index is 0.174. The third kappa shape index (κ3) is 3.10. The zero-order valence-corrected chi connectivity index (χ0v) is 9.62. The molecular formula is C9H6ClF3N2O3. The van der Waals surface area contributed by atoms with E-state index in [1.165, 1.54) is 12.1 Å². The van der Waals surface area contributed by atoms with Gasteiger partial charge in [-0.2, -0.15) is 13.2 Å². The van der Waals surface area contributed by atoms with Gasteiger partial charge in [0.25, 0.3) is 5.69 Å². The number of methoxy groups -OCH3 is 1. The number of aliphatic imine (C=N–C) groups is 1. The summed E-state index contributed by atoms with van der Waals surface area (Å²) >= 11 is 4.94. The van der Waals surface area contributed by atoms with Gasteiger partial charge in [-0.15, -0.1) is 0 Å². The van der Waals surface area contributed by atoms with E-state index in [4.69, 9.17) is 16.3 Å². The highest BCUT2D eigenvalue weighted by molar-refractivity contribution is 6.67. The molecule has 0 bridgehead atoms. The molecule has 0 unspecified atom stereocenters. The van der Waals surface area contributed by atoms with E-state index in [2.05, 4.69) is 4.99 Å². The average Bonchev–Trinajstić information content (AvgIpc) is 2.27. The first-order valence-electron chi connectivity index (χ1n) is 4.40. The summed E-state index contributed by atoms with van der Waals surface area (Å²) in [6.07, 6.45) is -4.88. The third-order valence-corrected chi connectivity index (χ3v) is 2.14. The number of rotatable bonds is 3. The molecule has 0 aliphatic heterocycles. The van der Waals surface area contributed by atoms with Crippen molar-refractivity contribution in [3.8, 4) is 5.75 Å². The number of halogens is 4. The highest BCUT2D eigenvalue weighted by atomic mass is 35.5. The summed E-state index contributed by atoms with van der Waals surface area (Å²) in [6, 6.07) is 3.51. The lowest BCUT2D eigenvalue weighted by Gasteiger charge is -2.07. The summed E-state index contributed by atoms with van der Waals surface area (Å²) in [4.78, 5) is 12.8. The van der Waals surface area contributed by atoms with Crippen molar-refractivity contribution < 1.29 is 22.8 Å². The molecule has 1 rings (SSSR count). The standard InChI is InChI=1S/C9H6ClF3N2O3/c1-18-6-4-2-3-5(15(16)17)7(6)14-8(10)9(11,12)13/h2-4H,1H3. The predicted octanol–water partition coefficient (Wildman–Crippen LogP) is 3.43. The summed E-state index contributed by atoms with van der Waals surface area (Å²) in [7, 11) is 1.15. The number of nitrogens with zero attached hydrogens (tertiary/aromatic N) is 2. The Labute approximate surface area is 104 Å². The van der Waals surface area contributed by atoms with Crippen LogP contribution in [0.1, 0.15) is 0 Å². The number of nitro benzene ring substituents is 1. The summed E-state index contributed by atoms with van der Waals surface area (Å²) in [5.41, 5.74) is -1.20. The van der Waals surface area contributed by atoms with Crippen LogP contribution in [0.4, 0.5) is 24.5 Å². The molecule has 0 aliphatic carbocycles. The maximum atomic E-state index is 12.2. The summed E-state index contributed by atoms with van der Waals surface area (Å²) in [6.45, 7) is 0. The molecule has 0 amide bonds. The molecule has 9 heteroatoms. The number of hydrogen-bond donors (Lipinski definition) is 0. The number of para-hydroxylation sites is 1. The SMILES string of the molecule is COc1cccc([N+](=O)[O-])c1N=C(Cl)C(F)(F)F. The molecule has 0 aromatic heterocycles. The molecule has 1 aromatic carbocycles. The number of nitro groups is 1. The van der Waals surface area contributed by atoms with Crippen LogP contribution in [0.2, 0.25) is 0 Å². The number of ether oxygens (including phenoxy) is 1. The van der Waals surface area contributed by atoms with Gasteiger partial charge in [-0.1, -0.05) is 17.7 Å². The van der Waals surface area contributed by atoms with Gasteiger partial charge in [-0.25, -0.2) is 4.99 Å². The van der Waals surface area contributed by atoms with E-state index in [9.17, 15) is 23.3 Å². The highest BCUT2D eigenvalue weighted by Crippen LogP contribution is 2.38. The molecule has 18 heavy (non-hydrogen) atoms. The van der Waals surface area contributed by atoms with E-state index in [-0.39, 0.29) is 5.75 Å². The van der Waals surface area contributed by atoms with Gasteiger partial charge in [-0.05, 0) is 6.07 Å². The predicted molar refractivity (Wildman–Crippen MR) is 58.7 cm³/mol. The van der Waals surface area contributed by atoms with Crippen LogP contribution >= 0.6 is 11.6 Å². The number of alkyl halides is 3. The summed E-state index contributed by atoms with van der Waals surface area (Å²) in [5.74, 6) is -0.174. The van der Waals surface area contributed by atoms with E-state index in [0.29, 0.717) is 0 Å². The van der Waals surface area contributed by atoms with Crippen LogP contribution in [0, 0.1) is 10.1 Å². The van der Waals surface area contributed by atoms with E-state index < -0.39 is 27.6 Å². The molecule has 0 atom stereocenters. The fourth-order valence-electron chi connectivity index (χ4n) is 1.10. The lowest BCUT2D eigenvalue weighted by atomic mass is 10.2. The maximum Gasteiger partial charge on any atom is 0.444 e. The van der Waals surface area contributed by atoms with Gasteiger partial charge < -0.3 is 4.74 Å². The molecule has 5 nitrogen and oxygen atoms in total. The van der Waals surface area contributed by atoms with Gasteiger partial charge in [0, 0.05) is 6.07 Å². The fraction of sp³-hybridized carbons (Fsp3) is 0.222. The van der Waals surface area contributed by atoms with Crippen molar-refractivity contribution >= 4 is 28.1 Å². The quantitative estimate of drug-likeness (QED) is 0.484. The topological polar surface area (TPSA) is 64.7 Å². The van der Waals surface area contributed by atoms with Crippen LogP contribution in [-0.2, 0) is 0 Å². The van der Waals surface area contributed by atoms with Crippen molar-refractivity contribution in [1.82, 2.24) is 0 Å². The zero-order valence-electron chi connectivity index (χ0n) is 8.86. The smallest absolute Gasteiger partial charge is 0.444 e. The van der Waals surface area contributed by atoms with Crippen LogP contribution in [0.15, 0.2) is 23.2 Å². The van der Waals surface area contributed by atoms with E-state index in [1.54, 1.807) is 0 Å². The molecule has 0 heterocycles. The summed E-state index contributed by atoms with van der Waals surface area (Å²) < 4.78 is 41.4. The van der Waals surface area contributed by atoms with Gasteiger partial charge in [-0.3, -0.25) is 10.1 Å². The Kier molecular flexibility index (Phi) is 4.12. The second-order valence-electron chi connectivity index (χ2n) is 2.99. The monoisotopic (exact) mass is 282 g/mol. The highest BCUT2D eigenvalue weighted by Gasteiger charge is 2.35. The van der Waals surface area contributed by atoms with Crippen LogP contribution in [0.3, 0.4) is 0 Å². The van der Waals surface area contributed by atoms with Crippen LogP contribution < -0.4 is 4.74 Å². The number of benzene rings is 1. The normalized spacial score (nSPS) is 12.4. The van der Waals surface area contributed by atoms with Crippen molar-refractivity contribution in [2.45, 2.75) is 6.18 Å². The van der Waals surface area contributed by atoms with Gasteiger partial charge >= 0.3 is 6.18 Å². The molecule has 0 N–H and O–H groups in total. The Balaban J connectivity index is 3.42. The molecule has 98 valence electrons. The van der Waals surface area contributed by atoms with Gasteiger partial charge in [0.2, 0.25) is 5.17 Å². The summed E-state index contributed by atoms with van der Waals surface area (Å²) in [5, 5.41) is 8.96. The van der Waals surface area contributed by atoms with Crippen LogP contribution in [0.25, 0.3) is 0 Å². The Morgan fingerprint density at radius 3 is 2.56 bits per heavy atom. The third-order valence-electron chi connectivity index (χ3n) is 1.84. The first kappa shape index (κ1) is 14.2. The van der Waals surface area contributed by atoms with Gasteiger partial charge in [0.15, 0.2) is 11.4 Å². The van der Waals surface area contributed by atoms with Gasteiger partial charge in [0.1, 0.15) is 0 Å². The van der Waals surface area contributed by atoms with Crippen LogP contribution in [-0.4, -0.2) is 23.4 Å². The minimum atomic E-state index is -4.88. The van der Waals surface area contributed by atoms with Crippen molar-refractivity contribution in [3.05, 3.63) is 28.3 Å². The molecule has 1 aromatic rings. The molecular weight excluding hydrogens is 277 g/mol. The minimum Gasteiger partial charge on any atom is -0.494 e. The van der Waals surface area contributed by atoms with E-state index in [1.807, 2.05) is 0 Å². The van der Waals surface area contributed by atoms with Crippen molar-refractivity contribution in [2.24, 2.45) is 4.99 Å². The van der Waals surface area contributed by atoms with Gasteiger partial charge in [0.05, 0.1) is 12.0 Å². The molecule has 0 spiro atoms. The largest absolute Gasteiger partial charge is 0.494 e. The Morgan fingerprint density at radius 2 is 2.11 bits per heavy atom. The van der Waals surface area contributed by atoms with Crippen molar-refractivity contribution in [3.63, 3.8) is 0 Å². The fourth-order valence-corrected chi connectivity index (χ4v) is 1.18. The lowest BCUT2D eigenvalue weighted by molar-refractivity contribution is -0.384. The molecule has 0 radical (unpaired) electrons. The first-order valence-corrected chi connectivity index (χ1v) is 4.78. The second kappa shape index (κ2) is 5.21. The first-order chi connectivity index (χ1) is 8.27. The number of hydrogen-bond acceptors (Lipinski definition) is 4.